The van der Waals surface area contributed by atoms with E-state index in [0.717, 1.165) is 5.56 Å². The van der Waals surface area contributed by atoms with E-state index in [1.165, 1.54) is 18.6 Å². The summed E-state index contributed by atoms with van der Waals surface area (Å²) in [6.45, 7) is 1.77. The Morgan fingerprint density at radius 3 is 2.59 bits per heavy atom. The van der Waals surface area contributed by atoms with Crippen molar-refractivity contribution in [3.8, 4) is 0 Å². The molecule has 0 atom stereocenters. The van der Waals surface area contributed by atoms with Gasteiger partial charge in [-0.1, -0.05) is 33.6 Å². The second kappa shape index (κ2) is 9.06. The number of ketones is 1. The number of fused-ring (bicyclic) bond motifs is 1. The molecule has 160 valence electrons. The average molecular weight is 511 g/mol. The number of halogens is 2. The summed E-state index contributed by atoms with van der Waals surface area (Å²) in [5.74, 6) is -0.746. The predicted molar refractivity (Wildman–Crippen MR) is 128 cm³/mol. The van der Waals surface area contributed by atoms with Gasteiger partial charge in [-0.3, -0.25) is 19.4 Å². The van der Waals surface area contributed by atoms with Gasteiger partial charge < -0.3 is 9.88 Å². The molecule has 0 aliphatic heterocycles. The zero-order valence-electron chi connectivity index (χ0n) is 16.9. The van der Waals surface area contributed by atoms with Crippen molar-refractivity contribution < 1.29 is 9.59 Å². The molecule has 2 aromatic heterocycles. The van der Waals surface area contributed by atoms with Crippen LogP contribution in [0.4, 0.5) is 5.69 Å². The number of aryl methyl sites for hydroxylation is 1. The van der Waals surface area contributed by atoms with Crippen LogP contribution >= 0.6 is 27.5 Å². The van der Waals surface area contributed by atoms with Gasteiger partial charge in [-0.2, -0.15) is 0 Å². The fourth-order valence-electron chi connectivity index (χ4n) is 3.39. The molecule has 6 nitrogen and oxygen atoms in total. The van der Waals surface area contributed by atoms with Gasteiger partial charge in [0.05, 0.1) is 11.1 Å². The summed E-state index contributed by atoms with van der Waals surface area (Å²) in [7, 11) is 0. The number of rotatable bonds is 5. The van der Waals surface area contributed by atoms with Crippen LogP contribution in [-0.4, -0.2) is 21.2 Å². The number of carbonyl (C=O) groups excluding carboxylic acids is 2. The number of anilines is 1. The van der Waals surface area contributed by atoms with Crippen molar-refractivity contribution in [1.29, 1.82) is 0 Å². The van der Waals surface area contributed by atoms with Crippen molar-refractivity contribution in [3.63, 3.8) is 0 Å². The van der Waals surface area contributed by atoms with E-state index in [1.807, 2.05) is 13.0 Å². The number of aromatic nitrogens is 2. The molecule has 1 amide bonds. The van der Waals surface area contributed by atoms with Crippen LogP contribution in [0.2, 0.25) is 5.02 Å². The smallest absolute Gasteiger partial charge is 0.244 e. The molecule has 4 aromatic rings. The van der Waals surface area contributed by atoms with E-state index in [0.29, 0.717) is 31.6 Å². The molecule has 1 N–H and O–H groups in total. The maximum Gasteiger partial charge on any atom is 0.244 e. The summed E-state index contributed by atoms with van der Waals surface area (Å²) < 4.78 is 2.30. The third-order valence-electron chi connectivity index (χ3n) is 5.02. The monoisotopic (exact) mass is 509 g/mol. The standard InChI is InChI=1S/C24H17BrClN3O3/c1-14-2-4-17(26)11-20(14)28-22(30)13-29-12-19(23(31)15-6-8-27-9-7-15)24(32)18-10-16(25)3-5-21(18)29/h2-12H,13H2,1H3,(H,28,30). The van der Waals surface area contributed by atoms with Crippen LogP contribution in [0.1, 0.15) is 21.5 Å². The third kappa shape index (κ3) is 4.49. The van der Waals surface area contributed by atoms with Crippen LogP contribution in [0.15, 0.2) is 76.4 Å². The van der Waals surface area contributed by atoms with Crippen molar-refractivity contribution in [1.82, 2.24) is 9.55 Å². The first-order valence-electron chi connectivity index (χ1n) is 9.67. The summed E-state index contributed by atoms with van der Waals surface area (Å²) in [5.41, 5.74) is 1.94. The number of nitrogens with zero attached hydrogens (tertiary/aromatic N) is 2. The Bertz CT molecular complexity index is 1420. The fourth-order valence-corrected chi connectivity index (χ4v) is 3.93. The highest BCUT2D eigenvalue weighted by Crippen LogP contribution is 2.22. The summed E-state index contributed by atoms with van der Waals surface area (Å²) in [5, 5.41) is 3.69. The van der Waals surface area contributed by atoms with E-state index in [4.69, 9.17) is 11.6 Å². The number of hydrogen-bond donors (Lipinski definition) is 1. The predicted octanol–water partition coefficient (Wildman–Crippen LogP) is 4.99. The number of nitrogens with one attached hydrogen (secondary N) is 1. The summed E-state index contributed by atoms with van der Waals surface area (Å²) in [6.07, 6.45) is 4.42. The molecule has 0 aliphatic rings. The topological polar surface area (TPSA) is 81.1 Å². The molecular formula is C24H17BrClN3O3. The summed E-state index contributed by atoms with van der Waals surface area (Å²) in [6, 6.07) is 13.5. The van der Waals surface area contributed by atoms with Gasteiger partial charge in [0.1, 0.15) is 6.54 Å². The van der Waals surface area contributed by atoms with Gasteiger partial charge in [0.25, 0.3) is 0 Å². The van der Waals surface area contributed by atoms with E-state index in [1.54, 1.807) is 47.0 Å². The van der Waals surface area contributed by atoms with Gasteiger partial charge in [-0.15, -0.1) is 0 Å². The first-order chi connectivity index (χ1) is 15.3. The van der Waals surface area contributed by atoms with Gasteiger partial charge >= 0.3 is 0 Å². The van der Waals surface area contributed by atoms with E-state index in [-0.39, 0.29) is 18.0 Å². The Labute approximate surface area is 197 Å². The molecule has 0 radical (unpaired) electrons. The normalized spacial score (nSPS) is 10.8. The van der Waals surface area contributed by atoms with Crippen LogP contribution in [0, 0.1) is 6.92 Å². The Kier molecular flexibility index (Phi) is 6.21. The number of amides is 1. The number of hydrogen-bond acceptors (Lipinski definition) is 4. The van der Waals surface area contributed by atoms with Gasteiger partial charge in [0.2, 0.25) is 11.3 Å². The van der Waals surface area contributed by atoms with Crippen molar-refractivity contribution in [3.05, 3.63) is 104 Å². The van der Waals surface area contributed by atoms with Crippen molar-refractivity contribution in [2.75, 3.05) is 5.32 Å². The molecule has 0 fully saturated rings. The molecule has 0 aliphatic carbocycles. The molecule has 0 saturated heterocycles. The first-order valence-corrected chi connectivity index (χ1v) is 10.8. The van der Waals surface area contributed by atoms with E-state index < -0.39 is 11.2 Å². The molecule has 8 heteroatoms. The van der Waals surface area contributed by atoms with Crippen molar-refractivity contribution in [2.45, 2.75) is 13.5 Å². The van der Waals surface area contributed by atoms with Gasteiger partial charge in [-0.25, -0.2) is 0 Å². The minimum Gasteiger partial charge on any atom is -0.337 e. The fraction of sp³-hybridized carbons (Fsp3) is 0.0833. The number of pyridine rings is 2. The second-order valence-corrected chi connectivity index (χ2v) is 8.59. The Morgan fingerprint density at radius 1 is 1.09 bits per heavy atom. The molecule has 4 rings (SSSR count). The lowest BCUT2D eigenvalue weighted by atomic mass is 10.0. The molecule has 2 heterocycles. The molecule has 32 heavy (non-hydrogen) atoms. The van der Waals surface area contributed by atoms with Gasteiger partial charge in [0.15, 0.2) is 5.78 Å². The zero-order chi connectivity index (χ0) is 22.8. The lowest BCUT2D eigenvalue weighted by molar-refractivity contribution is -0.116. The minimum absolute atomic E-state index is 0.0199. The van der Waals surface area contributed by atoms with Crippen LogP contribution in [0.3, 0.4) is 0 Å². The minimum atomic E-state index is -0.431. The van der Waals surface area contributed by atoms with E-state index in [2.05, 4.69) is 26.2 Å². The van der Waals surface area contributed by atoms with Crippen molar-refractivity contribution >= 4 is 55.8 Å². The van der Waals surface area contributed by atoms with Crippen LogP contribution < -0.4 is 10.7 Å². The second-order valence-electron chi connectivity index (χ2n) is 7.23. The van der Waals surface area contributed by atoms with Gasteiger partial charge in [-0.05, 0) is 55.0 Å². The summed E-state index contributed by atoms with van der Waals surface area (Å²) >= 11 is 9.42. The Balaban J connectivity index is 1.77. The van der Waals surface area contributed by atoms with Crippen LogP contribution in [0.5, 0.6) is 0 Å². The molecule has 2 aromatic carbocycles. The highest BCUT2D eigenvalue weighted by Gasteiger charge is 2.18. The quantitative estimate of drug-likeness (QED) is 0.384. The lowest BCUT2D eigenvalue weighted by Crippen LogP contribution is -2.24. The SMILES string of the molecule is Cc1ccc(Cl)cc1NC(=O)Cn1cc(C(=O)c2ccncc2)c(=O)c2cc(Br)ccc21. The summed E-state index contributed by atoms with van der Waals surface area (Å²) in [4.78, 5) is 42.9. The van der Waals surface area contributed by atoms with Gasteiger partial charge in [0, 0.05) is 44.7 Å². The molecule has 0 saturated carbocycles. The highest BCUT2D eigenvalue weighted by atomic mass is 79.9. The van der Waals surface area contributed by atoms with Crippen LogP contribution in [0.25, 0.3) is 10.9 Å². The Hall–Kier alpha value is -3.29. The molecule has 0 spiro atoms. The molecule has 0 bridgehead atoms. The van der Waals surface area contributed by atoms with E-state index in [9.17, 15) is 14.4 Å². The Morgan fingerprint density at radius 2 is 1.84 bits per heavy atom. The largest absolute Gasteiger partial charge is 0.337 e. The maximum absolute atomic E-state index is 13.1. The zero-order valence-corrected chi connectivity index (χ0v) is 19.3. The third-order valence-corrected chi connectivity index (χ3v) is 5.75. The highest BCUT2D eigenvalue weighted by molar-refractivity contribution is 9.10. The lowest BCUT2D eigenvalue weighted by Gasteiger charge is -2.14. The van der Waals surface area contributed by atoms with Crippen molar-refractivity contribution in [2.24, 2.45) is 0 Å². The number of benzene rings is 2. The first kappa shape index (κ1) is 21.9. The van der Waals surface area contributed by atoms with E-state index >= 15 is 0 Å². The molecular weight excluding hydrogens is 494 g/mol. The molecule has 0 unspecified atom stereocenters. The maximum atomic E-state index is 13.1. The van der Waals surface area contributed by atoms with Crippen LogP contribution in [-0.2, 0) is 11.3 Å². The number of carbonyl (C=O) groups is 2. The average Bonchev–Trinajstić information content (AvgIpc) is 2.78.